The molecule has 88 valence electrons. The van der Waals surface area contributed by atoms with Gasteiger partial charge in [-0.2, -0.15) is 0 Å². The van der Waals surface area contributed by atoms with Gasteiger partial charge in [-0.15, -0.1) is 11.8 Å². The Hall–Kier alpha value is -0.260. The molecule has 1 aliphatic heterocycles. The van der Waals surface area contributed by atoms with E-state index in [1.165, 1.54) is 6.07 Å². The van der Waals surface area contributed by atoms with Crippen molar-refractivity contribution in [1.29, 1.82) is 0 Å². The van der Waals surface area contributed by atoms with Crippen LogP contribution in [0.2, 0.25) is 0 Å². The van der Waals surface area contributed by atoms with Crippen molar-refractivity contribution in [1.82, 2.24) is 0 Å². The third kappa shape index (κ3) is 2.90. The minimum Gasteiger partial charge on any atom is -0.398 e. The molecule has 0 spiro atoms. The molecule has 1 aliphatic rings. The molecule has 0 aromatic heterocycles. The van der Waals surface area contributed by atoms with E-state index in [0.717, 1.165) is 30.1 Å². The number of thioether (sulfide) groups is 1. The maximum atomic E-state index is 13.3. The number of ether oxygens (including phenoxy) is 1. The van der Waals surface area contributed by atoms with E-state index >= 15 is 0 Å². The molecule has 1 unspecified atom stereocenters. The van der Waals surface area contributed by atoms with Crippen LogP contribution in [0.25, 0.3) is 0 Å². The average Bonchev–Trinajstić information content (AvgIpc) is 2.74. The van der Waals surface area contributed by atoms with E-state index in [2.05, 4.69) is 15.9 Å². The molecule has 1 aromatic rings. The van der Waals surface area contributed by atoms with Gasteiger partial charge in [0.2, 0.25) is 0 Å². The smallest absolute Gasteiger partial charge is 0.138 e. The third-order valence-electron chi connectivity index (χ3n) is 2.50. The minimum absolute atomic E-state index is 0.274. The van der Waals surface area contributed by atoms with Crippen LogP contribution in [-0.4, -0.2) is 18.5 Å². The first kappa shape index (κ1) is 12.2. The molecular weight excluding hydrogens is 293 g/mol. The second kappa shape index (κ2) is 5.38. The fourth-order valence-corrected chi connectivity index (χ4v) is 3.03. The highest BCUT2D eigenvalue weighted by molar-refractivity contribution is 9.10. The van der Waals surface area contributed by atoms with E-state index in [9.17, 15) is 4.39 Å². The van der Waals surface area contributed by atoms with E-state index in [-0.39, 0.29) is 11.9 Å². The van der Waals surface area contributed by atoms with Gasteiger partial charge in [-0.3, -0.25) is 0 Å². The Morgan fingerprint density at radius 3 is 3.06 bits per heavy atom. The van der Waals surface area contributed by atoms with Gasteiger partial charge in [0.15, 0.2) is 0 Å². The van der Waals surface area contributed by atoms with Gasteiger partial charge < -0.3 is 10.5 Å². The molecular formula is C11H13BrFNOS. The molecule has 5 heteroatoms. The number of nitrogen functional groups attached to an aromatic ring is 1. The topological polar surface area (TPSA) is 35.2 Å². The van der Waals surface area contributed by atoms with Crippen molar-refractivity contribution in [2.45, 2.75) is 23.8 Å². The maximum Gasteiger partial charge on any atom is 0.138 e. The minimum atomic E-state index is -0.274. The van der Waals surface area contributed by atoms with Crippen molar-refractivity contribution < 1.29 is 9.13 Å². The lowest BCUT2D eigenvalue weighted by Gasteiger charge is -2.10. The van der Waals surface area contributed by atoms with Gasteiger partial charge in [0, 0.05) is 22.9 Å². The Morgan fingerprint density at radius 2 is 2.38 bits per heavy atom. The third-order valence-corrected chi connectivity index (χ3v) is 4.31. The van der Waals surface area contributed by atoms with Crippen molar-refractivity contribution in [2.24, 2.45) is 0 Å². The van der Waals surface area contributed by atoms with E-state index in [4.69, 9.17) is 10.5 Å². The molecule has 0 bridgehead atoms. The summed E-state index contributed by atoms with van der Waals surface area (Å²) in [7, 11) is 0. The Bertz CT molecular complexity index is 382. The maximum absolute atomic E-state index is 13.3. The van der Waals surface area contributed by atoms with Crippen LogP contribution in [0.3, 0.4) is 0 Å². The summed E-state index contributed by atoms with van der Waals surface area (Å²) in [5.41, 5.74) is 6.42. The van der Waals surface area contributed by atoms with Crippen LogP contribution in [0.5, 0.6) is 0 Å². The zero-order valence-electron chi connectivity index (χ0n) is 8.71. The average molecular weight is 306 g/mol. The molecule has 1 fully saturated rings. The molecule has 0 saturated carbocycles. The van der Waals surface area contributed by atoms with Crippen molar-refractivity contribution in [2.75, 3.05) is 18.1 Å². The van der Waals surface area contributed by atoms with Crippen LogP contribution in [-0.2, 0) is 4.74 Å². The van der Waals surface area contributed by atoms with Crippen LogP contribution in [0.1, 0.15) is 12.8 Å². The van der Waals surface area contributed by atoms with Gasteiger partial charge in [-0.05, 0) is 40.9 Å². The Balaban J connectivity index is 2.00. The standard InChI is InChI=1S/C11H13BrFNOS/c12-8-4-10(14)11(5-9(8)13)16-6-7-2-1-3-15-7/h4-5,7H,1-3,6,14H2. The predicted octanol–water partition coefficient (Wildman–Crippen LogP) is 3.44. The van der Waals surface area contributed by atoms with Crippen LogP contribution in [0.4, 0.5) is 10.1 Å². The fourth-order valence-electron chi connectivity index (χ4n) is 1.63. The molecule has 16 heavy (non-hydrogen) atoms. The van der Waals surface area contributed by atoms with Crippen LogP contribution in [0.15, 0.2) is 21.5 Å². The second-order valence-electron chi connectivity index (χ2n) is 3.75. The predicted molar refractivity (Wildman–Crippen MR) is 68.2 cm³/mol. The molecule has 2 N–H and O–H groups in total. The molecule has 0 radical (unpaired) electrons. The molecule has 1 aromatic carbocycles. The van der Waals surface area contributed by atoms with E-state index in [1.54, 1.807) is 17.8 Å². The summed E-state index contributed by atoms with van der Waals surface area (Å²) in [4.78, 5) is 0.788. The molecule has 1 saturated heterocycles. The lowest BCUT2D eigenvalue weighted by Crippen LogP contribution is -2.08. The zero-order chi connectivity index (χ0) is 11.5. The highest BCUT2D eigenvalue weighted by Crippen LogP contribution is 2.31. The SMILES string of the molecule is Nc1cc(Br)c(F)cc1SCC1CCCO1. The molecule has 1 atom stereocenters. The van der Waals surface area contributed by atoms with Crippen molar-refractivity contribution >= 4 is 33.4 Å². The van der Waals surface area contributed by atoms with Gasteiger partial charge in [-0.1, -0.05) is 0 Å². The van der Waals surface area contributed by atoms with Crippen molar-refractivity contribution in [3.05, 3.63) is 22.4 Å². The first-order valence-electron chi connectivity index (χ1n) is 5.16. The lowest BCUT2D eigenvalue weighted by atomic mass is 10.3. The van der Waals surface area contributed by atoms with Gasteiger partial charge in [0.25, 0.3) is 0 Å². The Labute approximate surface area is 107 Å². The summed E-state index contributed by atoms with van der Waals surface area (Å²) >= 11 is 4.66. The quantitative estimate of drug-likeness (QED) is 0.686. The highest BCUT2D eigenvalue weighted by Gasteiger charge is 2.16. The van der Waals surface area contributed by atoms with Crippen molar-refractivity contribution in [3.63, 3.8) is 0 Å². The second-order valence-corrected chi connectivity index (χ2v) is 5.67. The monoisotopic (exact) mass is 305 g/mol. The van der Waals surface area contributed by atoms with Crippen LogP contribution >= 0.6 is 27.7 Å². The molecule has 1 heterocycles. The number of nitrogens with two attached hydrogens (primary N) is 1. The Morgan fingerprint density at radius 1 is 1.56 bits per heavy atom. The summed E-state index contributed by atoms with van der Waals surface area (Å²) < 4.78 is 19.2. The van der Waals surface area contributed by atoms with E-state index in [1.807, 2.05) is 0 Å². The number of halogens is 2. The molecule has 0 aliphatic carbocycles. The summed E-state index contributed by atoms with van der Waals surface area (Å²) in [6.45, 7) is 0.843. The number of rotatable bonds is 3. The van der Waals surface area contributed by atoms with Crippen molar-refractivity contribution in [3.8, 4) is 0 Å². The molecule has 0 amide bonds. The Kier molecular flexibility index (Phi) is 4.10. The zero-order valence-corrected chi connectivity index (χ0v) is 11.1. The molecule has 2 nitrogen and oxygen atoms in total. The van der Waals surface area contributed by atoms with E-state index < -0.39 is 0 Å². The summed E-state index contributed by atoms with van der Waals surface area (Å²) in [5, 5.41) is 0. The first-order chi connectivity index (χ1) is 7.66. The largest absolute Gasteiger partial charge is 0.398 e. The van der Waals surface area contributed by atoms with Gasteiger partial charge in [-0.25, -0.2) is 4.39 Å². The summed E-state index contributed by atoms with van der Waals surface area (Å²) in [5.74, 6) is 0.565. The summed E-state index contributed by atoms with van der Waals surface area (Å²) in [6.07, 6.45) is 2.50. The van der Waals surface area contributed by atoms with E-state index in [0.29, 0.717) is 10.2 Å². The summed E-state index contributed by atoms with van der Waals surface area (Å²) in [6, 6.07) is 3.08. The normalized spacial score (nSPS) is 20.2. The molecule has 2 rings (SSSR count). The number of hydrogen-bond acceptors (Lipinski definition) is 3. The van der Waals surface area contributed by atoms with Gasteiger partial charge in [0.05, 0.1) is 10.6 Å². The van der Waals surface area contributed by atoms with Gasteiger partial charge in [0.1, 0.15) is 5.82 Å². The number of benzene rings is 1. The fraction of sp³-hybridized carbons (Fsp3) is 0.455. The highest BCUT2D eigenvalue weighted by atomic mass is 79.9. The number of anilines is 1. The van der Waals surface area contributed by atoms with Gasteiger partial charge >= 0.3 is 0 Å². The van der Waals surface area contributed by atoms with Crippen LogP contribution < -0.4 is 5.73 Å². The number of hydrogen-bond donors (Lipinski definition) is 1. The lowest BCUT2D eigenvalue weighted by molar-refractivity contribution is 0.129. The first-order valence-corrected chi connectivity index (χ1v) is 6.93. The van der Waals surface area contributed by atoms with Crippen LogP contribution in [0, 0.1) is 5.82 Å².